The predicted octanol–water partition coefficient (Wildman–Crippen LogP) is 3.04. The number of hydrogen-bond donors (Lipinski definition) is 1. The van der Waals surface area contributed by atoms with E-state index in [1.54, 1.807) is 19.1 Å². The molecular weight excluding hydrogens is 432 g/mol. The number of nitrogens with one attached hydrogen (secondary N) is 1. The summed E-state index contributed by atoms with van der Waals surface area (Å²) in [7, 11) is 1.93. The minimum atomic E-state index is -0.449. The molecule has 1 atom stereocenters. The number of nitrogens with zero attached hydrogens (tertiary/aromatic N) is 3. The van der Waals surface area contributed by atoms with Crippen LogP contribution >= 0.6 is 0 Å². The first-order valence-corrected chi connectivity index (χ1v) is 11.9. The zero-order chi connectivity index (χ0) is 23.7. The predicted molar refractivity (Wildman–Crippen MR) is 125 cm³/mol. The Hall–Kier alpha value is -3.39. The van der Waals surface area contributed by atoms with Crippen LogP contribution in [0.15, 0.2) is 40.8 Å². The molecule has 1 aliphatic heterocycles. The molecule has 1 aliphatic carbocycles. The van der Waals surface area contributed by atoms with Gasteiger partial charge in [0.15, 0.2) is 5.69 Å². The van der Waals surface area contributed by atoms with E-state index in [-0.39, 0.29) is 17.7 Å². The van der Waals surface area contributed by atoms with Crippen LogP contribution in [0.4, 0.5) is 0 Å². The molecule has 34 heavy (non-hydrogen) atoms. The lowest BCUT2D eigenvalue weighted by Crippen LogP contribution is -2.38. The van der Waals surface area contributed by atoms with Crippen molar-refractivity contribution >= 4 is 11.9 Å². The number of amides is 1. The molecule has 0 bridgehead atoms. The van der Waals surface area contributed by atoms with Crippen LogP contribution in [0.5, 0.6) is 0 Å². The fraction of sp³-hybridized carbons (Fsp3) is 0.423. The summed E-state index contributed by atoms with van der Waals surface area (Å²) in [6.07, 6.45) is 3.42. The van der Waals surface area contributed by atoms with Gasteiger partial charge in [-0.15, -0.1) is 0 Å². The van der Waals surface area contributed by atoms with E-state index in [9.17, 15) is 9.59 Å². The largest absolute Gasteiger partial charge is 0.460 e. The fourth-order valence-corrected chi connectivity index (χ4v) is 4.98. The zero-order valence-corrected chi connectivity index (χ0v) is 19.7. The lowest BCUT2D eigenvalue weighted by molar-refractivity contribution is 0.0487. The van der Waals surface area contributed by atoms with Crippen LogP contribution in [-0.2, 0) is 44.1 Å². The number of carbonyl (C=O) groups excluding carboxylic acids is 2. The third-order valence-corrected chi connectivity index (χ3v) is 6.78. The summed E-state index contributed by atoms with van der Waals surface area (Å²) in [6.45, 7) is 3.93. The van der Waals surface area contributed by atoms with Crippen LogP contribution in [0.25, 0.3) is 0 Å². The van der Waals surface area contributed by atoms with Crippen LogP contribution in [0.1, 0.15) is 62.5 Å². The summed E-state index contributed by atoms with van der Waals surface area (Å²) in [5.74, 6) is 0.461. The summed E-state index contributed by atoms with van der Waals surface area (Å²) in [5, 5.41) is 8.17. The van der Waals surface area contributed by atoms with Gasteiger partial charge in [-0.2, -0.15) is 5.10 Å². The molecular formula is C26H30N4O4. The van der Waals surface area contributed by atoms with Gasteiger partial charge in [-0.05, 0) is 55.9 Å². The molecule has 1 unspecified atom stereocenters. The molecule has 3 aromatic rings. The minimum Gasteiger partial charge on any atom is -0.460 e. The number of carbonyl (C=O) groups is 2. The minimum absolute atomic E-state index is 0.0112. The molecule has 0 saturated carbocycles. The molecule has 1 aromatic carbocycles. The molecule has 178 valence electrons. The Morgan fingerprint density at radius 3 is 2.82 bits per heavy atom. The summed E-state index contributed by atoms with van der Waals surface area (Å²) >= 11 is 0. The number of rotatable bonds is 6. The number of furan rings is 1. The van der Waals surface area contributed by atoms with E-state index in [4.69, 9.17) is 9.15 Å². The maximum Gasteiger partial charge on any atom is 0.374 e. The molecule has 2 aromatic heterocycles. The van der Waals surface area contributed by atoms with Gasteiger partial charge in [0.2, 0.25) is 5.76 Å². The number of aryl methyl sites for hydroxylation is 1. The molecule has 8 heteroatoms. The van der Waals surface area contributed by atoms with Crippen molar-refractivity contribution in [2.75, 3.05) is 13.2 Å². The van der Waals surface area contributed by atoms with Gasteiger partial charge in [0, 0.05) is 37.4 Å². The maximum absolute atomic E-state index is 13.5. The van der Waals surface area contributed by atoms with Gasteiger partial charge in [-0.25, -0.2) is 4.79 Å². The van der Waals surface area contributed by atoms with Crippen molar-refractivity contribution in [1.82, 2.24) is 20.0 Å². The van der Waals surface area contributed by atoms with Gasteiger partial charge in [0.05, 0.1) is 13.2 Å². The molecule has 0 saturated heterocycles. The number of ether oxygens (including phenoxy) is 1. The van der Waals surface area contributed by atoms with E-state index in [1.165, 1.54) is 11.1 Å². The highest BCUT2D eigenvalue weighted by molar-refractivity contribution is 5.94. The molecule has 1 amide bonds. The Morgan fingerprint density at radius 1 is 1.18 bits per heavy atom. The number of aromatic nitrogens is 2. The average Bonchev–Trinajstić information content (AvgIpc) is 3.47. The van der Waals surface area contributed by atoms with E-state index < -0.39 is 5.97 Å². The van der Waals surface area contributed by atoms with Gasteiger partial charge >= 0.3 is 5.97 Å². The van der Waals surface area contributed by atoms with Crippen LogP contribution in [0.2, 0.25) is 0 Å². The lowest BCUT2D eigenvalue weighted by Gasteiger charge is -2.29. The normalized spacial score (nSPS) is 17.2. The summed E-state index contributed by atoms with van der Waals surface area (Å²) in [6, 6.07) is 12.0. The van der Waals surface area contributed by atoms with Crippen molar-refractivity contribution in [3.05, 3.63) is 76.0 Å². The van der Waals surface area contributed by atoms with Crippen LogP contribution in [0, 0.1) is 0 Å². The van der Waals surface area contributed by atoms with Crippen LogP contribution in [-0.4, -0.2) is 45.8 Å². The van der Waals surface area contributed by atoms with Crippen molar-refractivity contribution in [1.29, 1.82) is 0 Å². The molecule has 0 radical (unpaired) electrons. The molecule has 8 nitrogen and oxygen atoms in total. The summed E-state index contributed by atoms with van der Waals surface area (Å²) in [4.78, 5) is 27.2. The van der Waals surface area contributed by atoms with Crippen molar-refractivity contribution in [3.63, 3.8) is 0 Å². The number of fused-ring (bicyclic) bond motifs is 2. The fourth-order valence-electron chi connectivity index (χ4n) is 4.98. The third kappa shape index (κ3) is 4.37. The first kappa shape index (κ1) is 22.4. The zero-order valence-electron chi connectivity index (χ0n) is 19.7. The second-order valence-electron chi connectivity index (χ2n) is 8.95. The van der Waals surface area contributed by atoms with Gasteiger partial charge in [0.1, 0.15) is 5.76 Å². The third-order valence-electron chi connectivity index (χ3n) is 6.78. The van der Waals surface area contributed by atoms with Gasteiger partial charge in [-0.1, -0.05) is 24.3 Å². The van der Waals surface area contributed by atoms with E-state index in [0.717, 1.165) is 36.9 Å². The van der Waals surface area contributed by atoms with E-state index in [0.29, 0.717) is 37.7 Å². The summed E-state index contributed by atoms with van der Waals surface area (Å²) < 4.78 is 12.5. The highest BCUT2D eigenvalue weighted by Crippen LogP contribution is 2.27. The smallest absolute Gasteiger partial charge is 0.374 e. The topological polar surface area (TPSA) is 89.6 Å². The number of hydrogen-bond acceptors (Lipinski definition) is 6. The second-order valence-corrected chi connectivity index (χ2v) is 8.95. The van der Waals surface area contributed by atoms with Gasteiger partial charge in [-0.3, -0.25) is 9.48 Å². The number of esters is 1. The number of benzene rings is 1. The molecule has 0 spiro atoms. The van der Waals surface area contributed by atoms with E-state index in [2.05, 4.69) is 28.6 Å². The second kappa shape index (κ2) is 9.46. The lowest BCUT2D eigenvalue weighted by atomic mass is 9.90. The quantitative estimate of drug-likeness (QED) is 0.567. The molecule has 2 aliphatic rings. The van der Waals surface area contributed by atoms with E-state index >= 15 is 0 Å². The first-order valence-electron chi connectivity index (χ1n) is 11.9. The maximum atomic E-state index is 13.5. The van der Waals surface area contributed by atoms with Gasteiger partial charge in [0.25, 0.3) is 5.91 Å². The summed E-state index contributed by atoms with van der Waals surface area (Å²) in [5.41, 5.74) is 5.30. The Balaban J connectivity index is 1.26. The molecule has 0 fully saturated rings. The monoisotopic (exact) mass is 462 g/mol. The highest BCUT2D eigenvalue weighted by Gasteiger charge is 2.31. The van der Waals surface area contributed by atoms with Crippen LogP contribution < -0.4 is 5.32 Å². The average molecular weight is 463 g/mol. The highest BCUT2D eigenvalue weighted by atomic mass is 16.5. The molecule has 3 heterocycles. The first-order chi connectivity index (χ1) is 16.5. The Morgan fingerprint density at radius 2 is 2.00 bits per heavy atom. The van der Waals surface area contributed by atoms with Gasteiger partial charge < -0.3 is 19.4 Å². The standard InChI is InChI=1S/C26H30N4O4/c1-3-33-26(32)23-11-9-20(34-23)15-27-19-8-10-22-21(14-19)24(28-29(22)2)25(31)30-13-12-17-6-4-5-7-18(17)16-30/h4-7,9,11,19,27H,3,8,10,12-16H2,1-2H3. The molecule has 1 N–H and O–H groups in total. The van der Waals surface area contributed by atoms with Crippen molar-refractivity contribution in [2.24, 2.45) is 7.05 Å². The van der Waals surface area contributed by atoms with Crippen molar-refractivity contribution in [2.45, 2.75) is 51.7 Å². The Kier molecular flexibility index (Phi) is 6.24. The van der Waals surface area contributed by atoms with Crippen LogP contribution in [0.3, 0.4) is 0 Å². The molecule has 5 rings (SSSR count). The van der Waals surface area contributed by atoms with Crippen molar-refractivity contribution < 1.29 is 18.7 Å². The SMILES string of the molecule is CCOC(=O)c1ccc(CNC2CCc3c(c(C(=O)N4CCc5ccccc5C4)nn3C)C2)o1. The van der Waals surface area contributed by atoms with Crippen molar-refractivity contribution in [3.8, 4) is 0 Å². The Bertz CT molecular complexity index is 1210. The van der Waals surface area contributed by atoms with E-state index in [1.807, 2.05) is 22.7 Å². The Labute approximate surface area is 198 Å².